The summed E-state index contributed by atoms with van der Waals surface area (Å²) in [4.78, 5) is 11.8. The molecule has 0 unspecified atom stereocenters. The third kappa shape index (κ3) is 4.44. The van der Waals surface area contributed by atoms with Gasteiger partial charge in [-0.1, -0.05) is 6.58 Å². The van der Waals surface area contributed by atoms with E-state index in [4.69, 9.17) is 0 Å². The number of benzene rings is 1. The first kappa shape index (κ1) is 14.6. The van der Waals surface area contributed by atoms with Gasteiger partial charge in [-0.15, -0.1) is 13.2 Å². The number of Topliss-reactive ketones (excluding diaryl/α,β-unsaturated/α-hetero) is 1. The molecule has 2 nitrogen and oxygen atoms in total. The van der Waals surface area contributed by atoms with Crippen LogP contribution < -0.4 is 4.74 Å². The van der Waals surface area contributed by atoms with E-state index in [0.717, 1.165) is 12.1 Å². The fraction of sp³-hybridized carbons (Fsp3) is 0.250. The van der Waals surface area contributed by atoms with E-state index in [1.54, 1.807) is 0 Å². The highest BCUT2D eigenvalue weighted by Gasteiger charge is 2.31. The van der Waals surface area contributed by atoms with Gasteiger partial charge in [0.1, 0.15) is 5.75 Å². The Morgan fingerprint density at radius 1 is 1.33 bits per heavy atom. The van der Waals surface area contributed by atoms with E-state index in [9.17, 15) is 18.0 Å². The molecule has 0 saturated heterocycles. The highest BCUT2D eigenvalue weighted by Crippen LogP contribution is 2.23. The van der Waals surface area contributed by atoms with E-state index in [1.165, 1.54) is 23.9 Å². The van der Waals surface area contributed by atoms with Crippen LogP contribution in [0.15, 0.2) is 36.4 Å². The fourth-order valence-corrected chi connectivity index (χ4v) is 1.73. The highest BCUT2D eigenvalue weighted by molar-refractivity contribution is 7.98. The van der Waals surface area contributed by atoms with Crippen LogP contribution in [0, 0.1) is 0 Å². The van der Waals surface area contributed by atoms with Crippen LogP contribution in [0.5, 0.6) is 5.75 Å². The average molecular weight is 276 g/mol. The molecule has 0 amide bonds. The number of rotatable bonds is 5. The molecular weight excluding hydrogens is 265 g/mol. The van der Waals surface area contributed by atoms with Crippen molar-refractivity contribution in [1.29, 1.82) is 0 Å². The summed E-state index contributed by atoms with van der Waals surface area (Å²) in [6.07, 6.45) is -2.90. The zero-order valence-electron chi connectivity index (χ0n) is 9.58. The first-order valence-corrected chi connectivity index (χ1v) is 6.30. The van der Waals surface area contributed by atoms with Crippen LogP contribution >= 0.6 is 11.8 Å². The van der Waals surface area contributed by atoms with Crippen molar-refractivity contribution in [2.45, 2.75) is 6.36 Å². The molecule has 0 saturated carbocycles. The molecule has 0 aliphatic heterocycles. The minimum absolute atomic E-state index is 0.275. The number of hydrogen-bond donors (Lipinski definition) is 0. The van der Waals surface area contributed by atoms with Crippen LogP contribution in [-0.4, -0.2) is 24.2 Å². The number of carbonyl (C=O) groups excluding carboxylic acids is 1. The maximum absolute atomic E-state index is 11.9. The molecule has 0 aromatic heterocycles. The van der Waals surface area contributed by atoms with E-state index in [2.05, 4.69) is 11.3 Å². The predicted octanol–water partition coefficient (Wildman–Crippen LogP) is 3.69. The maximum atomic E-state index is 11.9. The number of hydrogen-bond acceptors (Lipinski definition) is 3. The summed E-state index contributed by atoms with van der Waals surface area (Å²) in [6, 6.07) is 4.78. The lowest BCUT2D eigenvalue weighted by Gasteiger charge is -2.09. The molecule has 0 aliphatic carbocycles. The van der Waals surface area contributed by atoms with Crippen molar-refractivity contribution in [3.05, 3.63) is 42.0 Å². The first-order chi connectivity index (χ1) is 8.33. The normalized spacial score (nSPS) is 11.1. The van der Waals surface area contributed by atoms with Crippen molar-refractivity contribution in [3.63, 3.8) is 0 Å². The summed E-state index contributed by atoms with van der Waals surface area (Å²) in [5, 5.41) is 0. The van der Waals surface area contributed by atoms with Crippen molar-refractivity contribution < 1.29 is 22.7 Å². The molecule has 0 N–H and O–H groups in total. The van der Waals surface area contributed by atoms with Gasteiger partial charge in [0.25, 0.3) is 0 Å². The Labute approximate surface area is 107 Å². The van der Waals surface area contributed by atoms with Crippen molar-refractivity contribution in [3.8, 4) is 5.75 Å². The third-order valence-electron chi connectivity index (χ3n) is 1.99. The largest absolute Gasteiger partial charge is 0.573 e. The quantitative estimate of drug-likeness (QED) is 0.606. The van der Waals surface area contributed by atoms with Gasteiger partial charge in [0.05, 0.1) is 0 Å². The molecule has 6 heteroatoms. The number of carbonyl (C=O) groups is 1. The van der Waals surface area contributed by atoms with Gasteiger partial charge in [0.15, 0.2) is 5.78 Å². The zero-order valence-corrected chi connectivity index (χ0v) is 10.4. The van der Waals surface area contributed by atoms with E-state index in [-0.39, 0.29) is 11.5 Å². The number of alkyl halides is 3. The molecule has 0 atom stereocenters. The van der Waals surface area contributed by atoms with Crippen LogP contribution in [-0.2, 0) is 0 Å². The minimum atomic E-state index is -4.73. The Morgan fingerprint density at radius 3 is 2.33 bits per heavy atom. The first-order valence-electron chi connectivity index (χ1n) is 4.90. The third-order valence-corrected chi connectivity index (χ3v) is 2.63. The molecule has 0 bridgehead atoms. The Balaban J connectivity index is 2.77. The molecule has 18 heavy (non-hydrogen) atoms. The van der Waals surface area contributed by atoms with Crippen LogP contribution in [0.4, 0.5) is 13.2 Å². The molecule has 0 fully saturated rings. The summed E-state index contributed by atoms with van der Waals surface area (Å²) < 4.78 is 39.5. The molecular formula is C12H11F3O2S. The van der Waals surface area contributed by atoms with E-state index in [0.29, 0.717) is 16.9 Å². The second kappa shape index (κ2) is 5.95. The summed E-state index contributed by atoms with van der Waals surface area (Å²) in [6.45, 7) is 3.62. The SMILES string of the molecule is C=C(CSC)C(=O)c1ccc(OC(F)(F)F)cc1. The van der Waals surface area contributed by atoms with Gasteiger partial charge in [-0.3, -0.25) is 4.79 Å². The molecule has 0 aliphatic rings. The second-order valence-corrected chi connectivity index (χ2v) is 4.30. The van der Waals surface area contributed by atoms with Gasteiger partial charge in [0.2, 0.25) is 0 Å². The lowest BCUT2D eigenvalue weighted by Crippen LogP contribution is -2.17. The number of halogens is 3. The van der Waals surface area contributed by atoms with Crippen molar-refractivity contribution in [2.75, 3.05) is 12.0 Å². The maximum Gasteiger partial charge on any atom is 0.573 e. The molecule has 1 aromatic rings. The monoisotopic (exact) mass is 276 g/mol. The van der Waals surface area contributed by atoms with Gasteiger partial charge >= 0.3 is 6.36 Å². The second-order valence-electron chi connectivity index (χ2n) is 3.44. The molecule has 0 spiro atoms. The summed E-state index contributed by atoms with van der Waals surface area (Å²) in [5.74, 6) is -0.142. The van der Waals surface area contributed by atoms with Crippen LogP contribution in [0.1, 0.15) is 10.4 Å². The van der Waals surface area contributed by atoms with Crippen LogP contribution in [0.3, 0.4) is 0 Å². The van der Waals surface area contributed by atoms with Crippen molar-refractivity contribution in [1.82, 2.24) is 0 Å². The lowest BCUT2D eigenvalue weighted by molar-refractivity contribution is -0.274. The Bertz CT molecular complexity index is 438. The standard InChI is InChI=1S/C12H11F3O2S/c1-8(7-18-2)11(16)9-3-5-10(6-4-9)17-12(13,14)15/h3-6H,1,7H2,2H3. The molecule has 0 heterocycles. The predicted molar refractivity (Wildman–Crippen MR) is 65.0 cm³/mol. The summed E-state index contributed by atoms with van der Waals surface area (Å²) >= 11 is 1.45. The minimum Gasteiger partial charge on any atom is -0.406 e. The molecule has 0 radical (unpaired) electrons. The number of ether oxygens (including phenoxy) is 1. The van der Waals surface area contributed by atoms with Gasteiger partial charge in [0, 0.05) is 16.9 Å². The van der Waals surface area contributed by atoms with E-state index in [1.807, 2.05) is 6.26 Å². The number of ketones is 1. The Kier molecular flexibility index (Phi) is 4.84. The van der Waals surface area contributed by atoms with Gasteiger partial charge < -0.3 is 4.74 Å². The van der Waals surface area contributed by atoms with Gasteiger partial charge in [-0.25, -0.2) is 0 Å². The summed E-state index contributed by atoms with van der Waals surface area (Å²) in [7, 11) is 0. The van der Waals surface area contributed by atoms with Crippen LogP contribution in [0.25, 0.3) is 0 Å². The molecule has 1 rings (SSSR count). The Morgan fingerprint density at radius 2 is 1.89 bits per heavy atom. The van der Waals surface area contributed by atoms with Gasteiger partial charge in [-0.05, 0) is 30.5 Å². The van der Waals surface area contributed by atoms with Crippen molar-refractivity contribution >= 4 is 17.5 Å². The van der Waals surface area contributed by atoms with E-state index < -0.39 is 6.36 Å². The zero-order chi connectivity index (χ0) is 13.8. The molecule has 98 valence electrons. The highest BCUT2D eigenvalue weighted by atomic mass is 32.2. The number of thioether (sulfide) groups is 1. The van der Waals surface area contributed by atoms with E-state index >= 15 is 0 Å². The summed E-state index contributed by atoms with van der Waals surface area (Å²) in [5.41, 5.74) is 0.704. The van der Waals surface area contributed by atoms with Crippen molar-refractivity contribution in [2.24, 2.45) is 0 Å². The van der Waals surface area contributed by atoms with Gasteiger partial charge in [-0.2, -0.15) is 11.8 Å². The average Bonchev–Trinajstić information content (AvgIpc) is 2.27. The topological polar surface area (TPSA) is 26.3 Å². The molecule has 1 aromatic carbocycles. The Hall–Kier alpha value is -1.43. The van der Waals surface area contributed by atoms with Crippen LogP contribution in [0.2, 0.25) is 0 Å². The lowest BCUT2D eigenvalue weighted by atomic mass is 10.1. The smallest absolute Gasteiger partial charge is 0.406 e. The fourth-order valence-electron chi connectivity index (χ4n) is 1.25.